The Morgan fingerprint density at radius 3 is 2.36 bits per heavy atom. The quantitative estimate of drug-likeness (QED) is 0.352. The maximum atomic E-state index is 12.4. The Bertz CT molecular complexity index is 1110. The fourth-order valence-electron chi connectivity index (χ4n) is 3.10. The molecule has 2 aromatic carbocycles. The van der Waals surface area contributed by atoms with Gasteiger partial charge in [-0.1, -0.05) is 11.8 Å². The molecule has 0 fully saturated rings. The summed E-state index contributed by atoms with van der Waals surface area (Å²) >= 11 is 1.29. The van der Waals surface area contributed by atoms with Gasteiger partial charge in [0.25, 0.3) is 0 Å². The molecule has 0 saturated carbocycles. The van der Waals surface area contributed by atoms with Crippen LogP contribution in [0, 0.1) is 0 Å². The van der Waals surface area contributed by atoms with Gasteiger partial charge < -0.3 is 24.1 Å². The number of carbonyl (C=O) groups is 2. The van der Waals surface area contributed by atoms with Crippen LogP contribution < -0.4 is 14.8 Å². The Kier molecular flexibility index (Phi) is 8.31. The molecule has 174 valence electrons. The zero-order valence-corrected chi connectivity index (χ0v) is 19.8. The van der Waals surface area contributed by atoms with Gasteiger partial charge in [-0.05, 0) is 56.3 Å². The molecule has 0 aliphatic rings. The van der Waals surface area contributed by atoms with E-state index in [1.807, 2.05) is 29.7 Å². The molecule has 0 spiro atoms. The van der Waals surface area contributed by atoms with Crippen molar-refractivity contribution in [2.45, 2.75) is 25.5 Å². The van der Waals surface area contributed by atoms with Crippen LogP contribution in [0.25, 0.3) is 11.4 Å². The van der Waals surface area contributed by atoms with Crippen molar-refractivity contribution in [3.8, 4) is 22.9 Å². The molecule has 1 amide bonds. The molecule has 1 N–H and O–H groups in total. The number of anilines is 1. The van der Waals surface area contributed by atoms with E-state index >= 15 is 0 Å². The van der Waals surface area contributed by atoms with Crippen molar-refractivity contribution >= 4 is 29.3 Å². The lowest BCUT2D eigenvalue weighted by molar-refractivity contribution is -0.113. The molecular formula is C23H26N4O5S. The zero-order valence-electron chi connectivity index (χ0n) is 19.0. The number of carbonyl (C=O) groups excluding carboxylic acids is 2. The van der Waals surface area contributed by atoms with Crippen LogP contribution in [0.1, 0.15) is 24.2 Å². The Balaban J connectivity index is 1.65. The Hall–Kier alpha value is -3.53. The minimum absolute atomic E-state index is 0.156. The van der Waals surface area contributed by atoms with E-state index in [0.717, 1.165) is 5.56 Å². The van der Waals surface area contributed by atoms with E-state index in [0.29, 0.717) is 46.9 Å². The van der Waals surface area contributed by atoms with Crippen LogP contribution in [0.4, 0.5) is 5.69 Å². The molecule has 0 radical (unpaired) electrons. The number of aromatic nitrogens is 3. The lowest BCUT2D eigenvalue weighted by Crippen LogP contribution is -2.15. The van der Waals surface area contributed by atoms with Gasteiger partial charge in [0.2, 0.25) is 5.91 Å². The van der Waals surface area contributed by atoms with Gasteiger partial charge in [-0.2, -0.15) is 0 Å². The number of thioether (sulfide) groups is 1. The van der Waals surface area contributed by atoms with Gasteiger partial charge in [-0.3, -0.25) is 4.79 Å². The molecule has 1 heterocycles. The number of hydrogen-bond donors (Lipinski definition) is 1. The van der Waals surface area contributed by atoms with Crippen molar-refractivity contribution in [2.24, 2.45) is 0 Å². The van der Waals surface area contributed by atoms with Crippen molar-refractivity contribution in [1.82, 2.24) is 14.8 Å². The second kappa shape index (κ2) is 11.4. The van der Waals surface area contributed by atoms with Crippen LogP contribution in [0.3, 0.4) is 0 Å². The molecule has 0 bridgehead atoms. The van der Waals surface area contributed by atoms with Crippen molar-refractivity contribution in [1.29, 1.82) is 0 Å². The third-order valence-electron chi connectivity index (χ3n) is 4.69. The minimum atomic E-state index is -0.393. The smallest absolute Gasteiger partial charge is 0.338 e. The SMILES string of the molecule is CCOC(=O)c1ccc(NC(=O)CSc2nnc(-c3ccc(OC)c(OC)c3)n2CC)cc1. The van der Waals surface area contributed by atoms with Gasteiger partial charge in [-0.25, -0.2) is 4.79 Å². The number of rotatable bonds is 10. The van der Waals surface area contributed by atoms with Gasteiger partial charge in [0.05, 0.1) is 32.1 Å². The van der Waals surface area contributed by atoms with Gasteiger partial charge in [0, 0.05) is 17.8 Å². The van der Waals surface area contributed by atoms with E-state index in [4.69, 9.17) is 14.2 Å². The van der Waals surface area contributed by atoms with Crippen LogP contribution in [-0.4, -0.2) is 53.2 Å². The molecule has 9 nitrogen and oxygen atoms in total. The second-order valence-electron chi connectivity index (χ2n) is 6.75. The summed E-state index contributed by atoms with van der Waals surface area (Å²) in [5, 5.41) is 12.0. The number of methoxy groups -OCH3 is 2. The molecule has 33 heavy (non-hydrogen) atoms. The standard InChI is InChI=1S/C23H26N4O5S/c1-5-27-21(16-9-12-18(30-3)19(13-16)31-4)25-26-23(27)33-14-20(28)24-17-10-7-15(8-11-17)22(29)32-6-2/h7-13H,5-6,14H2,1-4H3,(H,24,28). The van der Waals surface area contributed by atoms with E-state index in [-0.39, 0.29) is 11.7 Å². The molecule has 0 atom stereocenters. The third kappa shape index (κ3) is 5.83. The predicted molar refractivity (Wildman–Crippen MR) is 126 cm³/mol. The minimum Gasteiger partial charge on any atom is -0.493 e. The topological polar surface area (TPSA) is 105 Å². The maximum absolute atomic E-state index is 12.4. The molecule has 0 aliphatic carbocycles. The summed E-state index contributed by atoms with van der Waals surface area (Å²) in [5.41, 5.74) is 1.86. The van der Waals surface area contributed by atoms with Gasteiger partial charge in [0.15, 0.2) is 22.5 Å². The first-order chi connectivity index (χ1) is 16.0. The van der Waals surface area contributed by atoms with Crippen molar-refractivity contribution in [3.05, 3.63) is 48.0 Å². The summed E-state index contributed by atoms with van der Waals surface area (Å²) in [4.78, 5) is 24.2. The Morgan fingerprint density at radius 2 is 1.73 bits per heavy atom. The first kappa shape index (κ1) is 24.1. The number of esters is 1. The number of nitrogens with zero attached hydrogens (tertiary/aromatic N) is 3. The fraction of sp³-hybridized carbons (Fsp3) is 0.304. The first-order valence-corrected chi connectivity index (χ1v) is 11.3. The highest BCUT2D eigenvalue weighted by Gasteiger charge is 2.16. The van der Waals surface area contributed by atoms with Crippen molar-refractivity contribution in [2.75, 3.05) is 31.9 Å². The highest BCUT2D eigenvalue weighted by atomic mass is 32.2. The summed E-state index contributed by atoms with van der Waals surface area (Å²) in [5.74, 6) is 1.48. The first-order valence-electron chi connectivity index (χ1n) is 10.4. The van der Waals surface area contributed by atoms with Gasteiger partial charge >= 0.3 is 5.97 Å². The zero-order chi connectivity index (χ0) is 23.8. The fourth-order valence-corrected chi connectivity index (χ4v) is 3.90. The van der Waals surface area contributed by atoms with E-state index < -0.39 is 5.97 Å². The van der Waals surface area contributed by atoms with E-state index in [1.54, 1.807) is 45.4 Å². The second-order valence-corrected chi connectivity index (χ2v) is 7.70. The predicted octanol–water partition coefficient (Wildman–Crippen LogP) is 3.89. The Labute approximate surface area is 196 Å². The molecular weight excluding hydrogens is 444 g/mol. The monoisotopic (exact) mass is 470 g/mol. The van der Waals surface area contributed by atoms with Gasteiger partial charge in [-0.15, -0.1) is 10.2 Å². The highest BCUT2D eigenvalue weighted by molar-refractivity contribution is 7.99. The number of hydrogen-bond acceptors (Lipinski definition) is 8. The molecule has 0 unspecified atom stereocenters. The number of benzene rings is 2. The van der Waals surface area contributed by atoms with E-state index in [2.05, 4.69) is 15.5 Å². The van der Waals surface area contributed by atoms with Crippen LogP contribution in [0.5, 0.6) is 11.5 Å². The lowest BCUT2D eigenvalue weighted by atomic mass is 10.2. The summed E-state index contributed by atoms with van der Waals surface area (Å²) < 4.78 is 17.6. The van der Waals surface area contributed by atoms with Crippen LogP contribution in [0.2, 0.25) is 0 Å². The molecule has 3 aromatic rings. The van der Waals surface area contributed by atoms with Crippen LogP contribution in [-0.2, 0) is 16.1 Å². The maximum Gasteiger partial charge on any atom is 0.338 e. The van der Waals surface area contributed by atoms with Crippen LogP contribution in [0.15, 0.2) is 47.6 Å². The molecule has 0 saturated heterocycles. The number of amides is 1. The van der Waals surface area contributed by atoms with E-state index in [1.165, 1.54) is 11.8 Å². The average Bonchev–Trinajstić information content (AvgIpc) is 3.25. The van der Waals surface area contributed by atoms with E-state index in [9.17, 15) is 9.59 Å². The normalized spacial score (nSPS) is 10.5. The molecule has 1 aromatic heterocycles. The summed E-state index contributed by atoms with van der Waals surface area (Å²) in [7, 11) is 3.16. The van der Waals surface area contributed by atoms with Crippen molar-refractivity contribution in [3.63, 3.8) is 0 Å². The average molecular weight is 471 g/mol. The number of nitrogens with one attached hydrogen (secondary N) is 1. The lowest BCUT2D eigenvalue weighted by Gasteiger charge is -2.11. The molecule has 10 heteroatoms. The summed E-state index contributed by atoms with van der Waals surface area (Å²) in [6.07, 6.45) is 0. The molecule has 0 aliphatic heterocycles. The highest BCUT2D eigenvalue weighted by Crippen LogP contribution is 2.32. The largest absolute Gasteiger partial charge is 0.493 e. The molecule has 3 rings (SSSR count). The van der Waals surface area contributed by atoms with Crippen LogP contribution >= 0.6 is 11.8 Å². The Morgan fingerprint density at radius 1 is 1.00 bits per heavy atom. The third-order valence-corrected chi connectivity index (χ3v) is 5.65. The number of ether oxygens (including phenoxy) is 3. The van der Waals surface area contributed by atoms with Crippen molar-refractivity contribution < 1.29 is 23.8 Å². The summed E-state index contributed by atoms with van der Waals surface area (Å²) in [6.45, 7) is 4.68. The van der Waals surface area contributed by atoms with Gasteiger partial charge in [0.1, 0.15) is 0 Å². The summed E-state index contributed by atoms with van der Waals surface area (Å²) in [6, 6.07) is 12.1.